The van der Waals surface area contributed by atoms with E-state index in [1.54, 1.807) is 19.2 Å². The second-order valence-corrected chi connectivity index (χ2v) is 7.51. The highest BCUT2D eigenvalue weighted by Gasteiger charge is 2.25. The Balaban J connectivity index is 2.39. The van der Waals surface area contributed by atoms with E-state index in [1.165, 1.54) is 20.3 Å². The Hall–Kier alpha value is -2.25. The molecular weight excluding hydrogens is 354 g/mol. The monoisotopic (exact) mass is 379 g/mol. The zero-order valence-corrected chi connectivity index (χ0v) is 16.5. The van der Waals surface area contributed by atoms with E-state index in [4.69, 9.17) is 14.2 Å². The summed E-state index contributed by atoms with van der Waals surface area (Å²) in [7, 11) is 0.721. The Kier molecular flexibility index (Phi) is 6.50. The van der Waals surface area contributed by atoms with Crippen LogP contribution in [0.4, 0.5) is 0 Å². The van der Waals surface area contributed by atoms with Gasteiger partial charge in [-0.05, 0) is 42.7 Å². The first-order valence-corrected chi connectivity index (χ1v) is 9.73. The van der Waals surface area contributed by atoms with E-state index in [2.05, 4.69) is 4.72 Å². The fourth-order valence-corrected chi connectivity index (χ4v) is 4.24. The van der Waals surface area contributed by atoms with Crippen molar-refractivity contribution < 1.29 is 22.6 Å². The molecule has 142 valence electrons. The summed E-state index contributed by atoms with van der Waals surface area (Å²) in [6.45, 7) is 3.85. The fraction of sp³-hybridized carbons (Fsp3) is 0.368. The molecule has 0 heterocycles. The molecule has 0 amide bonds. The molecule has 0 radical (unpaired) electrons. The summed E-state index contributed by atoms with van der Waals surface area (Å²) in [4.78, 5) is 0.0445. The molecular formula is C19H25NO5S. The number of hydrogen-bond acceptors (Lipinski definition) is 5. The number of nitrogens with one attached hydrogen (secondary N) is 1. The molecule has 2 aromatic rings. The van der Waals surface area contributed by atoms with Gasteiger partial charge in [-0.2, -0.15) is 0 Å². The Morgan fingerprint density at radius 3 is 2.15 bits per heavy atom. The van der Waals surface area contributed by atoms with Crippen molar-refractivity contribution in [1.29, 1.82) is 0 Å². The third-order valence-electron chi connectivity index (χ3n) is 4.19. The molecule has 0 spiro atoms. The van der Waals surface area contributed by atoms with Crippen LogP contribution in [0, 0.1) is 6.92 Å². The van der Waals surface area contributed by atoms with Gasteiger partial charge in [-0.1, -0.05) is 19.1 Å². The van der Waals surface area contributed by atoms with Crippen molar-refractivity contribution in [2.24, 2.45) is 0 Å². The predicted octanol–water partition coefficient (Wildman–Crippen LogP) is 3.45. The van der Waals surface area contributed by atoms with Crippen LogP contribution in [0.15, 0.2) is 41.3 Å². The highest BCUT2D eigenvalue weighted by molar-refractivity contribution is 7.89. The molecule has 2 aromatic carbocycles. The maximum atomic E-state index is 13.0. The SMILES string of the molecule is CC[C@H](NS(=O)(=O)c1cc(OC)ccc1OC)c1ccc(OC)c(C)c1. The molecule has 1 N–H and O–H groups in total. The van der Waals surface area contributed by atoms with Gasteiger partial charge in [0.25, 0.3) is 0 Å². The topological polar surface area (TPSA) is 73.9 Å². The first-order chi connectivity index (χ1) is 12.4. The number of ether oxygens (including phenoxy) is 3. The molecule has 0 fully saturated rings. The summed E-state index contributed by atoms with van der Waals surface area (Å²) < 4.78 is 44.3. The zero-order chi connectivity index (χ0) is 19.3. The lowest BCUT2D eigenvalue weighted by Crippen LogP contribution is -2.28. The van der Waals surface area contributed by atoms with E-state index in [-0.39, 0.29) is 16.7 Å². The van der Waals surface area contributed by atoms with Gasteiger partial charge in [0.15, 0.2) is 0 Å². The van der Waals surface area contributed by atoms with Gasteiger partial charge < -0.3 is 14.2 Å². The van der Waals surface area contributed by atoms with Gasteiger partial charge in [-0.25, -0.2) is 13.1 Å². The average molecular weight is 379 g/mol. The van der Waals surface area contributed by atoms with Crippen molar-refractivity contribution in [2.75, 3.05) is 21.3 Å². The Bertz CT molecular complexity index is 864. The number of benzene rings is 2. The average Bonchev–Trinajstić information content (AvgIpc) is 2.65. The second kappa shape index (κ2) is 8.42. The molecule has 0 bridgehead atoms. The lowest BCUT2D eigenvalue weighted by Gasteiger charge is -2.20. The Labute approximate surface area is 155 Å². The number of hydrogen-bond donors (Lipinski definition) is 1. The molecule has 0 saturated heterocycles. The highest BCUT2D eigenvalue weighted by atomic mass is 32.2. The van der Waals surface area contributed by atoms with E-state index in [0.717, 1.165) is 16.9 Å². The molecule has 6 nitrogen and oxygen atoms in total. The van der Waals surface area contributed by atoms with Crippen molar-refractivity contribution in [3.05, 3.63) is 47.5 Å². The van der Waals surface area contributed by atoms with Crippen LogP contribution >= 0.6 is 0 Å². The van der Waals surface area contributed by atoms with Gasteiger partial charge in [0.2, 0.25) is 10.0 Å². The molecule has 7 heteroatoms. The van der Waals surface area contributed by atoms with Gasteiger partial charge in [-0.15, -0.1) is 0 Å². The van der Waals surface area contributed by atoms with Crippen molar-refractivity contribution in [3.63, 3.8) is 0 Å². The van der Waals surface area contributed by atoms with E-state index in [1.807, 2.05) is 32.0 Å². The molecule has 0 aliphatic rings. The van der Waals surface area contributed by atoms with Crippen LogP contribution in [0.25, 0.3) is 0 Å². The summed E-state index contributed by atoms with van der Waals surface area (Å²) in [6.07, 6.45) is 0.595. The number of sulfonamides is 1. The van der Waals surface area contributed by atoms with Gasteiger partial charge >= 0.3 is 0 Å². The van der Waals surface area contributed by atoms with Crippen LogP contribution in [0.3, 0.4) is 0 Å². The molecule has 2 rings (SSSR count). The number of methoxy groups -OCH3 is 3. The third-order valence-corrected chi connectivity index (χ3v) is 5.68. The van der Waals surface area contributed by atoms with Gasteiger partial charge in [-0.3, -0.25) is 0 Å². The van der Waals surface area contributed by atoms with E-state index in [0.29, 0.717) is 12.2 Å². The number of aryl methyl sites for hydroxylation is 1. The standard InChI is InChI=1S/C19H25NO5S/c1-6-16(14-7-9-17(24-4)13(2)11-14)20-26(21,22)19-12-15(23-3)8-10-18(19)25-5/h7-12,16,20H,6H2,1-5H3/t16-/m0/s1. The van der Waals surface area contributed by atoms with Crippen molar-refractivity contribution >= 4 is 10.0 Å². The summed E-state index contributed by atoms with van der Waals surface area (Å²) in [5, 5.41) is 0. The summed E-state index contributed by atoms with van der Waals surface area (Å²) >= 11 is 0. The molecule has 26 heavy (non-hydrogen) atoms. The van der Waals surface area contributed by atoms with Crippen LogP contribution < -0.4 is 18.9 Å². The highest BCUT2D eigenvalue weighted by Crippen LogP contribution is 2.31. The van der Waals surface area contributed by atoms with E-state index < -0.39 is 10.0 Å². The maximum absolute atomic E-state index is 13.0. The maximum Gasteiger partial charge on any atom is 0.244 e. The fourth-order valence-electron chi connectivity index (χ4n) is 2.75. The smallest absolute Gasteiger partial charge is 0.244 e. The minimum absolute atomic E-state index is 0.0445. The van der Waals surface area contributed by atoms with Gasteiger partial charge in [0.1, 0.15) is 22.1 Å². The quantitative estimate of drug-likeness (QED) is 0.760. The van der Waals surface area contributed by atoms with Crippen LogP contribution in [-0.2, 0) is 10.0 Å². The molecule has 0 aromatic heterocycles. The summed E-state index contributed by atoms with van der Waals surface area (Å²) in [6, 6.07) is 9.94. The van der Waals surface area contributed by atoms with Gasteiger partial charge in [0, 0.05) is 12.1 Å². The second-order valence-electron chi connectivity index (χ2n) is 5.83. The van der Waals surface area contributed by atoms with Crippen LogP contribution in [-0.4, -0.2) is 29.7 Å². The summed E-state index contributed by atoms with van der Waals surface area (Å²) in [5.41, 5.74) is 1.82. The van der Waals surface area contributed by atoms with Crippen LogP contribution in [0.5, 0.6) is 17.2 Å². The lowest BCUT2D eigenvalue weighted by atomic mass is 10.0. The first kappa shape index (κ1) is 20.1. The third kappa shape index (κ3) is 4.28. The van der Waals surface area contributed by atoms with Crippen LogP contribution in [0.2, 0.25) is 0 Å². The van der Waals surface area contributed by atoms with Gasteiger partial charge in [0.05, 0.1) is 21.3 Å². The zero-order valence-electron chi connectivity index (χ0n) is 15.7. The van der Waals surface area contributed by atoms with Crippen molar-refractivity contribution in [3.8, 4) is 17.2 Å². The van der Waals surface area contributed by atoms with Crippen molar-refractivity contribution in [1.82, 2.24) is 4.72 Å². The molecule has 0 unspecified atom stereocenters. The minimum Gasteiger partial charge on any atom is -0.497 e. The number of rotatable bonds is 8. The molecule has 1 atom stereocenters. The predicted molar refractivity (Wildman–Crippen MR) is 101 cm³/mol. The van der Waals surface area contributed by atoms with E-state index >= 15 is 0 Å². The molecule has 0 aliphatic heterocycles. The lowest BCUT2D eigenvalue weighted by molar-refractivity contribution is 0.391. The minimum atomic E-state index is -3.81. The summed E-state index contributed by atoms with van der Waals surface area (Å²) in [5.74, 6) is 1.47. The largest absolute Gasteiger partial charge is 0.497 e. The van der Waals surface area contributed by atoms with Crippen molar-refractivity contribution in [2.45, 2.75) is 31.2 Å². The Morgan fingerprint density at radius 2 is 1.62 bits per heavy atom. The molecule has 0 saturated carbocycles. The first-order valence-electron chi connectivity index (χ1n) is 8.25. The normalized spacial score (nSPS) is 12.5. The Morgan fingerprint density at radius 1 is 0.962 bits per heavy atom. The van der Waals surface area contributed by atoms with E-state index in [9.17, 15) is 8.42 Å². The molecule has 0 aliphatic carbocycles. The van der Waals surface area contributed by atoms with Crippen LogP contribution in [0.1, 0.15) is 30.5 Å².